The van der Waals surface area contributed by atoms with Crippen LogP contribution in [0.5, 0.6) is 0 Å². The van der Waals surface area contributed by atoms with E-state index in [1.165, 1.54) is 0 Å². The third kappa shape index (κ3) is 3.27. The Hall–Kier alpha value is -3.15. The number of aromatic amines is 1. The average Bonchev–Trinajstić information content (AvgIpc) is 3.04. The summed E-state index contributed by atoms with van der Waals surface area (Å²) in [6.07, 6.45) is 1.55. The highest BCUT2D eigenvalue weighted by atomic mass is 16.5. The number of rotatable bonds is 4. The number of fused-ring (bicyclic) bond motifs is 1. The molecule has 1 aromatic heterocycles. The van der Waals surface area contributed by atoms with Crippen molar-refractivity contribution in [1.82, 2.24) is 9.97 Å². The topological polar surface area (TPSA) is 84.1 Å². The van der Waals surface area contributed by atoms with Gasteiger partial charge < -0.3 is 15.0 Å². The number of benzene rings is 2. The van der Waals surface area contributed by atoms with Gasteiger partial charge in [0.25, 0.3) is 5.91 Å². The summed E-state index contributed by atoms with van der Waals surface area (Å²) >= 11 is 0. The summed E-state index contributed by atoms with van der Waals surface area (Å²) in [5, 5.41) is 2.75. The summed E-state index contributed by atoms with van der Waals surface area (Å²) in [4.78, 5) is 31.0. The first-order valence-corrected chi connectivity index (χ1v) is 7.51. The van der Waals surface area contributed by atoms with Crippen molar-refractivity contribution in [2.75, 3.05) is 11.9 Å². The van der Waals surface area contributed by atoms with Crippen LogP contribution in [0.1, 0.15) is 21.5 Å². The summed E-state index contributed by atoms with van der Waals surface area (Å²) in [6.45, 7) is 3.56. The van der Waals surface area contributed by atoms with Crippen molar-refractivity contribution in [2.24, 2.45) is 0 Å². The van der Waals surface area contributed by atoms with Crippen LogP contribution in [-0.2, 0) is 9.53 Å². The fourth-order valence-corrected chi connectivity index (χ4v) is 2.35. The third-order valence-electron chi connectivity index (χ3n) is 3.87. The molecule has 2 N–H and O–H groups in total. The Labute approximate surface area is 138 Å². The van der Waals surface area contributed by atoms with Crippen LogP contribution in [-0.4, -0.2) is 28.5 Å². The zero-order valence-electron chi connectivity index (χ0n) is 13.4. The predicted molar refractivity (Wildman–Crippen MR) is 90.9 cm³/mol. The Balaban J connectivity index is 1.61. The molecule has 6 nitrogen and oxygen atoms in total. The van der Waals surface area contributed by atoms with E-state index in [1.807, 2.05) is 32.0 Å². The number of amides is 1. The molecule has 1 amide bonds. The zero-order valence-corrected chi connectivity index (χ0v) is 13.4. The van der Waals surface area contributed by atoms with E-state index in [9.17, 15) is 9.59 Å². The van der Waals surface area contributed by atoms with Gasteiger partial charge in [0.15, 0.2) is 6.61 Å². The van der Waals surface area contributed by atoms with Gasteiger partial charge in [-0.3, -0.25) is 4.79 Å². The third-order valence-corrected chi connectivity index (χ3v) is 3.87. The SMILES string of the molecule is Cc1cccc(NC(=O)COC(=O)c2ccc3nc[nH]c3c2)c1C. The molecule has 0 bridgehead atoms. The lowest BCUT2D eigenvalue weighted by Crippen LogP contribution is -2.21. The van der Waals surface area contributed by atoms with E-state index in [-0.39, 0.29) is 12.5 Å². The van der Waals surface area contributed by atoms with Crippen LogP contribution in [0, 0.1) is 13.8 Å². The minimum atomic E-state index is -0.553. The molecule has 3 rings (SSSR count). The number of nitrogens with one attached hydrogen (secondary N) is 2. The maximum absolute atomic E-state index is 12.1. The molecular formula is C18H17N3O3. The molecule has 0 saturated heterocycles. The van der Waals surface area contributed by atoms with Gasteiger partial charge in [0.2, 0.25) is 0 Å². The molecule has 0 aliphatic heterocycles. The summed E-state index contributed by atoms with van der Waals surface area (Å²) in [7, 11) is 0. The number of esters is 1. The molecule has 0 unspecified atom stereocenters. The molecule has 0 atom stereocenters. The summed E-state index contributed by atoms with van der Waals surface area (Å²) < 4.78 is 5.07. The number of carbonyl (C=O) groups is 2. The van der Waals surface area contributed by atoms with Crippen LogP contribution in [0.2, 0.25) is 0 Å². The van der Waals surface area contributed by atoms with Crippen LogP contribution in [0.15, 0.2) is 42.7 Å². The lowest BCUT2D eigenvalue weighted by atomic mass is 10.1. The van der Waals surface area contributed by atoms with Crippen molar-refractivity contribution in [1.29, 1.82) is 0 Å². The zero-order chi connectivity index (χ0) is 17.1. The van der Waals surface area contributed by atoms with Gasteiger partial charge in [0, 0.05) is 5.69 Å². The van der Waals surface area contributed by atoms with Crippen LogP contribution < -0.4 is 5.32 Å². The summed E-state index contributed by atoms with van der Waals surface area (Å²) in [5.41, 5.74) is 4.66. The normalized spacial score (nSPS) is 10.6. The maximum atomic E-state index is 12.1. The molecule has 0 spiro atoms. The Morgan fingerprint density at radius 1 is 1.21 bits per heavy atom. The van der Waals surface area contributed by atoms with Crippen molar-refractivity contribution in [2.45, 2.75) is 13.8 Å². The lowest BCUT2D eigenvalue weighted by Gasteiger charge is -2.10. The molecule has 0 fully saturated rings. The van der Waals surface area contributed by atoms with Crippen molar-refractivity contribution in [3.63, 3.8) is 0 Å². The van der Waals surface area contributed by atoms with Gasteiger partial charge >= 0.3 is 5.97 Å². The number of H-pyrrole nitrogens is 1. The first-order valence-electron chi connectivity index (χ1n) is 7.51. The monoisotopic (exact) mass is 323 g/mol. The standard InChI is InChI=1S/C18H17N3O3/c1-11-4-3-5-14(12(11)2)21-17(22)9-24-18(23)13-6-7-15-16(8-13)20-10-19-15/h3-8,10H,9H2,1-2H3,(H,19,20)(H,21,22). The highest BCUT2D eigenvalue weighted by molar-refractivity contribution is 5.97. The van der Waals surface area contributed by atoms with Gasteiger partial charge in [0.05, 0.1) is 22.9 Å². The van der Waals surface area contributed by atoms with Crippen LogP contribution in [0.25, 0.3) is 11.0 Å². The van der Waals surface area contributed by atoms with E-state index in [4.69, 9.17) is 4.74 Å². The number of hydrogen-bond donors (Lipinski definition) is 2. The molecule has 2 aromatic carbocycles. The molecule has 0 saturated carbocycles. The highest BCUT2D eigenvalue weighted by Crippen LogP contribution is 2.18. The van der Waals surface area contributed by atoms with Gasteiger partial charge in [-0.05, 0) is 49.2 Å². The molecule has 0 radical (unpaired) electrons. The Bertz CT molecular complexity index is 915. The Kier molecular flexibility index (Phi) is 4.29. The minimum Gasteiger partial charge on any atom is -0.452 e. The smallest absolute Gasteiger partial charge is 0.338 e. The van der Waals surface area contributed by atoms with Crippen molar-refractivity contribution in [3.05, 3.63) is 59.4 Å². The molecule has 122 valence electrons. The number of aryl methyl sites for hydroxylation is 1. The van der Waals surface area contributed by atoms with E-state index < -0.39 is 5.97 Å². The molecular weight excluding hydrogens is 306 g/mol. The van der Waals surface area contributed by atoms with Gasteiger partial charge in [-0.2, -0.15) is 0 Å². The van der Waals surface area contributed by atoms with Crippen LogP contribution in [0.4, 0.5) is 5.69 Å². The quantitative estimate of drug-likeness (QED) is 0.723. The van der Waals surface area contributed by atoms with Crippen molar-refractivity contribution < 1.29 is 14.3 Å². The molecule has 24 heavy (non-hydrogen) atoms. The molecule has 0 aliphatic carbocycles. The minimum absolute atomic E-state index is 0.340. The first-order chi connectivity index (χ1) is 11.5. The Morgan fingerprint density at radius 2 is 2.04 bits per heavy atom. The number of nitrogens with zero attached hydrogens (tertiary/aromatic N) is 1. The summed E-state index contributed by atoms with van der Waals surface area (Å²) in [5.74, 6) is -0.928. The highest BCUT2D eigenvalue weighted by Gasteiger charge is 2.12. The largest absolute Gasteiger partial charge is 0.452 e. The molecule has 1 heterocycles. The van der Waals surface area contributed by atoms with Crippen molar-refractivity contribution >= 4 is 28.6 Å². The fourth-order valence-electron chi connectivity index (χ4n) is 2.35. The van der Waals surface area contributed by atoms with E-state index >= 15 is 0 Å². The van der Waals surface area contributed by atoms with Crippen LogP contribution in [0.3, 0.4) is 0 Å². The number of imidazole rings is 1. The van der Waals surface area contributed by atoms with Gasteiger partial charge in [-0.1, -0.05) is 12.1 Å². The predicted octanol–water partition coefficient (Wildman–Crippen LogP) is 2.98. The van der Waals surface area contributed by atoms with Gasteiger partial charge in [0.1, 0.15) is 0 Å². The molecule has 0 aliphatic rings. The summed E-state index contributed by atoms with van der Waals surface area (Å²) in [6, 6.07) is 10.6. The van der Waals surface area contributed by atoms with E-state index in [0.29, 0.717) is 5.56 Å². The Morgan fingerprint density at radius 3 is 2.88 bits per heavy atom. The number of hydrogen-bond acceptors (Lipinski definition) is 4. The number of ether oxygens (including phenoxy) is 1. The van der Waals surface area contributed by atoms with Crippen molar-refractivity contribution in [3.8, 4) is 0 Å². The maximum Gasteiger partial charge on any atom is 0.338 e. The van der Waals surface area contributed by atoms with E-state index in [2.05, 4.69) is 15.3 Å². The lowest BCUT2D eigenvalue weighted by molar-refractivity contribution is -0.119. The number of carbonyl (C=O) groups excluding carboxylic acids is 2. The fraction of sp³-hybridized carbons (Fsp3) is 0.167. The molecule has 3 aromatic rings. The average molecular weight is 323 g/mol. The first kappa shape index (κ1) is 15.7. The number of anilines is 1. The second-order valence-corrected chi connectivity index (χ2v) is 5.51. The van der Waals surface area contributed by atoms with Crippen LogP contribution >= 0.6 is 0 Å². The molecule has 6 heteroatoms. The second kappa shape index (κ2) is 6.54. The number of aromatic nitrogens is 2. The van der Waals surface area contributed by atoms with E-state index in [0.717, 1.165) is 27.8 Å². The van der Waals surface area contributed by atoms with E-state index in [1.54, 1.807) is 24.5 Å². The van der Waals surface area contributed by atoms with Gasteiger partial charge in [-0.25, -0.2) is 9.78 Å². The second-order valence-electron chi connectivity index (χ2n) is 5.51. The van der Waals surface area contributed by atoms with Gasteiger partial charge in [-0.15, -0.1) is 0 Å².